The monoisotopic (exact) mass is 248 g/mol. The lowest BCUT2D eigenvalue weighted by atomic mass is 10.1. The van der Waals surface area contributed by atoms with Gasteiger partial charge in [-0.3, -0.25) is 4.79 Å². The first-order valence-corrected chi connectivity index (χ1v) is 6.34. The van der Waals surface area contributed by atoms with E-state index >= 15 is 0 Å². The molecule has 3 unspecified atom stereocenters. The molecule has 1 amide bonds. The van der Waals surface area contributed by atoms with E-state index in [4.69, 9.17) is 0 Å². The molecule has 1 saturated heterocycles. The smallest absolute Gasteiger partial charge is 0.237 e. The van der Waals surface area contributed by atoms with Crippen molar-refractivity contribution in [3.8, 4) is 0 Å². The molecule has 1 aromatic rings. The summed E-state index contributed by atoms with van der Waals surface area (Å²) in [5.41, 5.74) is 2.30. The lowest BCUT2D eigenvalue weighted by Gasteiger charge is -2.17. The highest BCUT2D eigenvalue weighted by molar-refractivity contribution is 5.82. The molecule has 1 aliphatic rings. The Labute approximate surface area is 107 Å². The van der Waals surface area contributed by atoms with Crippen LogP contribution in [0.2, 0.25) is 0 Å². The molecule has 0 saturated carbocycles. The van der Waals surface area contributed by atoms with Gasteiger partial charge in [-0.05, 0) is 25.8 Å². The van der Waals surface area contributed by atoms with Gasteiger partial charge in [0.05, 0.1) is 18.2 Å². The summed E-state index contributed by atoms with van der Waals surface area (Å²) in [4.78, 5) is 12.0. The summed E-state index contributed by atoms with van der Waals surface area (Å²) < 4.78 is 0. The first kappa shape index (κ1) is 13.1. The Balaban J connectivity index is 1.92. The van der Waals surface area contributed by atoms with Crippen LogP contribution in [0.1, 0.15) is 30.5 Å². The Morgan fingerprint density at radius 3 is 2.67 bits per heavy atom. The van der Waals surface area contributed by atoms with Crippen LogP contribution in [0.25, 0.3) is 0 Å². The molecule has 2 rings (SSSR count). The number of aliphatic hydroxyl groups excluding tert-OH is 1. The van der Waals surface area contributed by atoms with E-state index in [1.54, 1.807) is 0 Å². The number of β-amino-alcohol motifs (C(OH)–C–C–N with tert-alkyl or cyclic N) is 1. The third kappa shape index (κ3) is 3.09. The normalized spacial score (nSPS) is 24.8. The van der Waals surface area contributed by atoms with Crippen molar-refractivity contribution in [2.24, 2.45) is 0 Å². The minimum absolute atomic E-state index is 0.0161. The van der Waals surface area contributed by atoms with Gasteiger partial charge in [0.2, 0.25) is 5.91 Å². The summed E-state index contributed by atoms with van der Waals surface area (Å²) in [7, 11) is 0. The van der Waals surface area contributed by atoms with Crippen molar-refractivity contribution in [1.82, 2.24) is 10.6 Å². The van der Waals surface area contributed by atoms with Crippen molar-refractivity contribution in [3.05, 3.63) is 35.4 Å². The summed E-state index contributed by atoms with van der Waals surface area (Å²) in [6, 6.07) is 7.84. The van der Waals surface area contributed by atoms with Crippen molar-refractivity contribution >= 4 is 5.91 Å². The molecule has 3 N–H and O–H groups in total. The fourth-order valence-corrected chi connectivity index (χ4v) is 2.17. The van der Waals surface area contributed by atoms with Gasteiger partial charge >= 0.3 is 0 Å². The van der Waals surface area contributed by atoms with Crippen LogP contribution < -0.4 is 10.6 Å². The number of amides is 1. The van der Waals surface area contributed by atoms with E-state index < -0.39 is 6.10 Å². The van der Waals surface area contributed by atoms with Crippen molar-refractivity contribution in [3.63, 3.8) is 0 Å². The van der Waals surface area contributed by atoms with Crippen LogP contribution in [0.4, 0.5) is 0 Å². The van der Waals surface area contributed by atoms with E-state index in [1.807, 2.05) is 38.1 Å². The highest BCUT2D eigenvalue weighted by Gasteiger charge is 2.28. The van der Waals surface area contributed by atoms with E-state index in [-0.39, 0.29) is 18.0 Å². The number of carbonyl (C=O) groups excluding carboxylic acids is 1. The fraction of sp³-hybridized carbons (Fsp3) is 0.500. The molecule has 1 fully saturated rings. The largest absolute Gasteiger partial charge is 0.392 e. The zero-order chi connectivity index (χ0) is 13.1. The number of benzene rings is 1. The maximum Gasteiger partial charge on any atom is 0.237 e. The molecule has 0 aromatic heterocycles. The Bertz CT molecular complexity index is 416. The van der Waals surface area contributed by atoms with E-state index in [0.717, 1.165) is 5.56 Å². The average molecular weight is 248 g/mol. The third-order valence-electron chi connectivity index (χ3n) is 3.36. The lowest BCUT2D eigenvalue weighted by molar-refractivity contribution is -0.123. The summed E-state index contributed by atoms with van der Waals surface area (Å²) in [6.45, 7) is 4.50. The van der Waals surface area contributed by atoms with Crippen LogP contribution in [-0.4, -0.2) is 29.7 Å². The highest BCUT2D eigenvalue weighted by atomic mass is 16.3. The second kappa shape index (κ2) is 5.50. The topological polar surface area (TPSA) is 61.4 Å². The molecule has 0 radical (unpaired) electrons. The summed E-state index contributed by atoms with van der Waals surface area (Å²) >= 11 is 0. The standard InChI is InChI=1S/C14H20N2O2/c1-9-3-5-11(6-4-9)10(2)16-14(18)13-7-12(17)8-15-13/h3-6,10,12-13,15,17H,7-8H2,1-2H3,(H,16,18). The van der Waals surface area contributed by atoms with Gasteiger partial charge in [-0.2, -0.15) is 0 Å². The number of hydrogen-bond donors (Lipinski definition) is 3. The number of rotatable bonds is 3. The fourth-order valence-electron chi connectivity index (χ4n) is 2.17. The molecular weight excluding hydrogens is 228 g/mol. The van der Waals surface area contributed by atoms with Crippen LogP contribution in [0.3, 0.4) is 0 Å². The molecule has 0 spiro atoms. The number of carbonyl (C=O) groups is 1. The highest BCUT2D eigenvalue weighted by Crippen LogP contribution is 2.14. The van der Waals surface area contributed by atoms with Crippen molar-refractivity contribution < 1.29 is 9.90 Å². The Hall–Kier alpha value is -1.39. The number of aliphatic hydroxyl groups is 1. The molecule has 0 aliphatic carbocycles. The van der Waals surface area contributed by atoms with Gasteiger partial charge in [-0.25, -0.2) is 0 Å². The van der Waals surface area contributed by atoms with Crippen LogP contribution >= 0.6 is 0 Å². The molecule has 4 heteroatoms. The predicted octanol–water partition coefficient (Wildman–Crippen LogP) is 0.895. The third-order valence-corrected chi connectivity index (χ3v) is 3.36. The van der Waals surface area contributed by atoms with Crippen molar-refractivity contribution in [1.29, 1.82) is 0 Å². The van der Waals surface area contributed by atoms with Crippen LogP contribution in [0.5, 0.6) is 0 Å². The van der Waals surface area contributed by atoms with E-state index in [1.165, 1.54) is 5.56 Å². The average Bonchev–Trinajstić information content (AvgIpc) is 2.76. The van der Waals surface area contributed by atoms with Gasteiger partial charge in [-0.1, -0.05) is 29.8 Å². The first-order valence-electron chi connectivity index (χ1n) is 6.34. The van der Waals surface area contributed by atoms with Crippen molar-refractivity contribution in [2.75, 3.05) is 6.54 Å². The molecule has 18 heavy (non-hydrogen) atoms. The number of hydrogen-bond acceptors (Lipinski definition) is 3. The lowest BCUT2D eigenvalue weighted by Crippen LogP contribution is -2.41. The second-order valence-corrected chi connectivity index (χ2v) is 4.99. The molecule has 1 heterocycles. The zero-order valence-electron chi connectivity index (χ0n) is 10.8. The van der Waals surface area contributed by atoms with Gasteiger partial charge in [-0.15, -0.1) is 0 Å². The summed E-state index contributed by atoms with van der Waals surface area (Å²) in [5.74, 6) is -0.0420. The molecule has 4 nitrogen and oxygen atoms in total. The second-order valence-electron chi connectivity index (χ2n) is 4.99. The van der Waals surface area contributed by atoms with Gasteiger partial charge in [0.15, 0.2) is 0 Å². The maximum atomic E-state index is 12.0. The van der Waals surface area contributed by atoms with Gasteiger partial charge in [0, 0.05) is 6.54 Å². The molecule has 0 bridgehead atoms. The Morgan fingerprint density at radius 2 is 2.11 bits per heavy atom. The van der Waals surface area contributed by atoms with E-state index in [0.29, 0.717) is 13.0 Å². The summed E-state index contributed by atoms with van der Waals surface area (Å²) in [6.07, 6.45) is 0.0855. The van der Waals surface area contributed by atoms with E-state index in [2.05, 4.69) is 10.6 Å². The molecule has 3 atom stereocenters. The Kier molecular flexibility index (Phi) is 3.99. The van der Waals surface area contributed by atoms with Gasteiger partial charge in [0.1, 0.15) is 0 Å². The SMILES string of the molecule is Cc1ccc(C(C)NC(=O)C2CC(O)CN2)cc1. The quantitative estimate of drug-likeness (QED) is 0.744. The van der Waals surface area contributed by atoms with Crippen molar-refractivity contribution in [2.45, 2.75) is 38.5 Å². The molecule has 1 aliphatic heterocycles. The Morgan fingerprint density at radius 1 is 1.44 bits per heavy atom. The molecule has 98 valence electrons. The van der Waals surface area contributed by atoms with Crippen LogP contribution in [-0.2, 0) is 4.79 Å². The number of nitrogens with one attached hydrogen (secondary N) is 2. The van der Waals surface area contributed by atoms with Crippen LogP contribution in [0, 0.1) is 6.92 Å². The van der Waals surface area contributed by atoms with Crippen LogP contribution in [0.15, 0.2) is 24.3 Å². The number of aryl methyl sites for hydroxylation is 1. The maximum absolute atomic E-state index is 12.0. The van der Waals surface area contributed by atoms with Gasteiger partial charge < -0.3 is 15.7 Å². The minimum atomic E-state index is -0.407. The van der Waals surface area contributed by atoms with Gasteiger partial charge in [0.25, 0.3) is 0 Å². The predicted molar refractivity (Wildman–Crippen MR) is 70.2 cm³/mol. The minimum Gasteiger partial charge on any atom is -0.392 e. The molecular formula is C14H20N2O2. The summed E-state index contributed by atoms with van der Waals surface area (Å²) in [5, 5.41) is 15.4. The molecule has 1 aromatic carbocycles. The first-order chi connectivity index (χ1) is 8.56. The van der Waals surface area contributed by atoms with E-state index in [9.17, 15) is 9.90 Å². The zero-order valence-corrected chi connectivity index (χ0v) is 10.8.